The van der Waals surface area contributed by atoms with Gasteiger partial charge < -0.3 is 15.1 Å². The van der Waals surface area contributed by atoms with Gasteiger partial charge in [-0.25, -0.2) is 0 Å². The van der Waals surface area contributed by atoms with Crippen LogP contribution in [0.2, 0.25) is 5.02 Å². The first-order valence-corrected chi connectivity index (χ1v) is 12.2. The molecule has 3 aromatic rings. The molecule has 0 bridgehead atoms. The Morgan fingerprint density at radius 1 is 1.03 bits per heavy atom. The maximum absolute atomic E-state index is 12.5. The van der Waals surface area contributed by atoms with E-state index in [2.05, 4.69) is 24.4 Å². The molecule has 2 atom stereocenters. The number of nitrogens with zero attached hydrogens (tertiary/aromatic N) is 2. The predicted molar refractivity (Wildman–Crippen MR) is 145 cm³/mol. The summed E-state index contributed by atoms with van der Waals surface area (Å²) in [6, 6.07) is 22.1. The molecule has 3 aromatic carbocycles. The summed E-state index contributed by atoms with van der Waals surface area (Å²) in [5, 5.41) is 4.33. The average molecular weight is 489 g/mol. The number of nitrogens with one attached hydrogen (secondary N) is 1. The van der Waals surface area contributed by atoms with Crippen LogP contribution < -0.4 is 15.1 Å². The highest BCUT2D eigenvalue weighted by Gasteiger charge is 2.32. The lowest BCUT2D eigenvalue weighted by atomic mass is 9.89. The minimum Gasteiger partial charge on any atom is -0.378 e. The topological polar surface area (TPSA) is 52.7 Å². The molecule has 0 aliphatic carbocycles. The molecule has 4 rings (SSSR count). The summed E-state index contributed by atoms with van der Waals surface area (Å²) >= 11 is 6.07. The summed E-state index contributed by atoms with van der Waals surface area (Å²) in [5.41, 5.74) is 5.98. The maximum atomic E-state index is 12.5. The number of amides is 2. The number of hydrogen-bond acceptors (Lipinski definition) is 3. The monoisotopic (exact) mass is 488 g/mol. The molecule has 0 saturated heterocycles. The van der Waals surface area contributed by atoms with E-state index in [9.17, 15) is 9.59 Å². The number of halogens is 1. The molecule has 0 spiro atoms. The Hall–Kier alpha value is -3.31. The summed E-state index contributed by atoms with van der Waals surface area (Å²) in [6.45, 7) is 8.32. The fraction of sp³-hybridized carbons (Fsp3) is 0.276. The zero-order valence-electron chi connectivity index (χ0n) is 20.6. The van der Waals surface area contributed by atoms with Crippen LogP contribution in [0.5, 0.6) is 0 Å². The highest BCUT2D eigenvalue weighted by molar-refractivity contribution is 6.30. The quantitative estimate of drug-likeness (QED) is 0.369. The van der Waals surface area contributed by atoms with Crippen molar-refractivity contribution < 1.29 is 9.59 Å². The maximum Gasteiger partial charge on any atom is 0.224 e. The third-order valence-corrected chi connectivity index (χ3v) is 6.60. The molecule has 1 aliphatic rings. The Morgan fingerprint density at radius 3 is 2.29 bits per heavy atom. The first-order chi connectivity index (χ1) is 16.8. The number of fused-ring (bicyclic) bond motifs is 1. The molecule has 35 heavy (non-hydrogen) atoms. The Bertz CT molecular complexity index is 1190. The minimum absolute atomic E-state index is 0.0396. The number of hydrogen-bond donors (Lipinski definition) is 1. The fourth-order valence-electron chi connectivity index (χ4n) is 4.78. The molecule has 1 heterocycles. The zero-order valence-corrected chi connectivity index (χ0v) is 21.3. The minimum atomic E-state index is 0.0396. The number of anilines is 3. The lowest BCUT2D eigenvalue weighted by Gasteiger charge is -2.39. The van der Waals surface area contributed by atoms with Crippen molar-refractivity contribution in [1.29, 1.82) is 0 Å². The van der Waals surface area contributed by atoms with Crippen molar-refractivity contribution in [3.63, 3.8) is 0 Å². The molecular formula is C29H31ClN3O2. The van der Waals surface area contributed by atoms with Gasteiger partial charge in [0.25, 0.3) is 0 Å². The van der Waals surface area contributed by atoms with E-state index in [-0.39, 0.29) is 18.0 Å². The van der Waals surface area contributed by atoms with Gasteiger partial charge in [0.15, 0.2) is 0 Å². The van der Waals surface area contributed by atoms with Gasteiger partial charge in [0.05, 0.1) is 6.04 Å². The van der Waals surface area contributed by atoms with Crippen LogP contribution in [0, 0.1) is 5.92 Å². The molecule has 5 nitrogen and oxygen atoms in total. The molecule has 2 amide bonds. The van der Waals surface area contributed by atoms with Crippen LogP contribution in [0.1, 0.15) is 45.7 Å². The fourth-order valence-corrected chi connectivity index (χ4v) is 4.91. The van der Waals surface area contributed by atoms with Gasteiger partial charge >= 0.3 is 0 Å². The van der Waals surface area contributed by atoms with Crippen molar-refractivity contribution in [3.8, 4) is 11.1 Å². The lowest BCUT2D eigenvalue weighted by Crippen LogP contribution is -2.43. The van der Waals surface area contributed by atoms with Crippen molar-refractivity contribution >= 4 is 41.0 Å². The molecule has 0 fully saturated rings. The van der Waals surface area contributed by atoms with E-state index in [4.69, 9.17) is 11.6 Å². The first kappa shape index (κ1) is 24.8. The summed E-state index contributed by atoms with van der Waals surface area (Å²) in [7, 11) is 0. The van der Waals surface area contributed by atoms with Gasteiger partial charge in [-0.2, -0.15) is 0 Å². The summed E-state index contributed by atoms with van der Waals surface area (Å²) in [5.74, 6) is 1.21. The second-order valence-corrected chi connectivity index (χ2v) is 9.87. The van der Waals surface area contributed by atoms with Crippen LogP contribution in [0.15, 0.2) is 66.7 Å². The second kappa shape index (κ2) is 10.5. The van der Waals surface area contributed by atoms with Crippen LogP contribution in [0.4, 0.5) is 17.1 Å². The van der Waals surface area contributed by atoms with Gasteiger partial charge in [-0.05, 0) is 84.5 Å². The van der Waals surface area contributed by atoms with Crippen LogP contribution in [0.25, 0.3) is 11.1 Å². The average Bonchev–Trinajstić information content (AvgIpc) is 2.83. The molecule has 1 radical (unpaired) electrons. The van der Waals surface area contributed by atoms with E-state index in [0.29, 0.717) is 11.6 Å². The highest BCUT2D eigenvalue weighted by Crippen LogP contribution is 2.41. The third kappa shape index (κ3) is 5.51. The van der Waals surface area contributed by atoms with Crippen LogP contribution in [0.3, 0.4) is 0 Å². The van der Waals surface area contributed by atoms with Crippen molar-refractivity contribution in [2.45, 2.75) is 46.2 Å². The van der Waals surface area contributed by atoms with E-state index < -0.39 is 0 Å². The smallest absolute Gasteiger partial charge is 0.224 e. The van der Waals surface area contributed by atoms with Crippen molar-refractivity contribution in [2.24, 2.45) is 0 Å². The number of rotatable bonds is 7. The predicted octanol–water partition coefficient (Wildman–Crippen LogP) is 6.88. The zero-order chi connectivity index (χ0) is 25.1. The van der Waals surface area contributed by atoms with Crippen molar-refractivity contribution in [2.75, 3.05) is 21.7 Å². The van der Waals surface area contributed by atoms with Crippen molar-refractivity contribution in [1.82, 2.24) is 0 Å². The first-order valence-electron chi connectivity index (χ1n) is 11.8. The highest BCUT2D eigenvalue weighted by atomic mass is 35.5. The summed E-state index contributed by atoms with van der Waals surface area (Å²) in [6.07, 6.45) is 1.66. The van der Waals surface area contributed by atoms with E-state index in [1.54, 1.807) is 11.8 Å². The van der Waals surface area contributed by atoms with Gasteiger partial charge in [0.1, 0.15) is 0 Å². The summed E-state index contributed by atoms with van der Waals surface area (Å²) in [4.78, 5) is 27.6. The number of carbonyl (C=O) groups is 2. The molecular weight excluding hydrogens is 458 g/mol. The van der Waals surface area contributed by atoms with Crippen LogP contribution in [-0.4, -0.2) is 24.9 Å². The van der Waals surface area contributed by atoms with E-state index in [1.807, 2.05) is 73.3 Å². The SMILES string of the molecule is C[C](C)CN(C=O)c1ccc(-c2ccc3c(c2)[C@H](Nc2ccc(Cl)cc2)C[C@H](C)N3C(C)=O)cc1. The van der Waals surface area contributed by atoms with Crippen molar-refractivity contribution in [3.05, 3.63) is 83.2 Å². The molecule has 181 valence electrons. The lowest BCUT2D eigenvalue weighted by molar-refractivity contribution is -0.117. The standard InChI is InChI=1S/C29H31ClN3O2/c1-19(2)17-32(18-34)26-12-5-22(6-13-26)23-7-14-29-27(16-23)28(15-20(3)33(29)21(4)35)31-25-10-8-24(30)9-11-25/h5-14,16,18,20,28,31H,15,17H2,1-4H3/t20-,28+/m0/s1. The molecule has 0 unspecified atom stereocenters. The largest absolute Gasteiger partial charge is 0.378 e. The Labute approximate surface area is 212 Å². The van der Waals surface area contributed by atoms with Gasteiger partial charge in [0.2, 0.25) is 12.3 Å². The Morgan fingerprint density at radius 2 is 1.69 bits per heavy atom. The second-order valence-electron chi connectivity index (χ2n) is 9.44. The summed E-state index contributed by atoms with van der Waals surface area (Å²) < 4.78 is 0. The molecule has 0 saturated carbocycles. The number of carbonyl (C=O) groups excluding carboxylic acids is 2. The third-order valence-electron chi connectivity index (χ3n) is 6.35. The molecule has 0 aromatic heterocycles. The Kier molecular flexibility index (Phi) is 7.46. The molecule has 6 heteroatoms. The molecule has 1 N–H and O–H groups in total. The van der Waals surface area contributed by atoms with E-state index in [0.717, 1.165) is 46.6 Å². The molecule has 1 aliphatic heterocycles. The van der Waals surface area contributed by atoms with Gasteiger partial charge in [-0.1, -0.05) is 43.6 Å². The van der Waals surface area contributed by atoms with Crippen LogP contribution in [-0.2, 0) is 9.59 Å². The van der Waals surface area contributed by atoms with Gasteiger partial charge in [-0.3, -0.25) is 9.59 Å². The van der Waals surface area contributed by atoms with E-state index in [1.165, 1.54) is 5.92 Å². The van der Waals surface area contributed by atoms with E-state index >= 15 is 0 Å². The van der Waals surface area contributed by atoms with Gasteiger partial charge in [-0.15, -0.1) is 0 Å². The Balaban J connectivity index is 1.69. The normalized spacial score (nSPS) is 17.1. The number of benzene rings is 3. The van der Waals surface area contributed by atoms with Crippen LogP contribution >= 0.6 is 11.6 Å². The van der Waals surface area contributed by atoms with Gasteiger partial charge in [0, 0.05) is 41.6 Å².